The maximum absolute atomic E-state index is 6.20. The molecule has 0 spiro atoms. The molecule has 0 aromatic carbocycles. The van der Waals surface area contributed by atoms with Crippen molar-refractivity contribution in [3.05, 3.63) is 0 Å². The highest BCUT2D eigenvalue weighted by Crippen LogP contribution is 2.27. The second-order valence-electron chi connectivity index (χ2n) is 6.65. The second kappa shape index (κ2) is 7.38. The summed E-state index contributed by atoms with van der Waals surface area (Å²) in [6, 6.07) is 0. The van der Waals surface area contributed by atoms with Crippen molar-refractivity contribution in [3.8, 4) is 0 Å². The Labute approximate surface area is 109 Å². The first-order chi connectivity index (χ1) is 7.74. The zero-order valence-electron chi connectivity index (χ0n) is 12.9. The van der Waals surface area contributed by atoms with Crippen LogP contribution < -0.4 is 11.1 Å². The molecular weight excluding hydrogens is 208 g/mol. The molecule has 0 aromatic heterocycles. The average molecular weight is 242 g/mol. The Bertz CT molecular complexity index is 192. The summed E-state index contributed by atoms with van der Waals surface area (Å²) >= 11 is 0. The van der Waals surface area contributed by atoms with Crippen LogP contribution in [0.4, 0.5) is 0 Å². The van der Waals surface area contributed by atoms with Gasteiger partial charge < -0.3 is 11.1 Å². The number of nitrogens with one attached hydrogen (secondary N) is 1. The first-order valence-electron chi connectivity index (χ1n) is 7.24. The van der Waals surface area contributed by atoms with Gasteiger partial charge in [0.1, 0.15) is 0 Å². The van der Waals surface area contributed by atoms with Gasteiger partial charge in [-0.25, -0.2) is 0 Å². The zero-order valence-corrected chi connectivity index (χ0v) is 12.9. The molecule has 2 nitrogen and oxygen atoms in total. The molecule has 0 aliphatic heterocycles. The lowest BCUT2D eigenvalue weighted by molar-refractivity contribution is 0.191. The van der Waals surface area contributed by atoms with Crippen molar-refractivity contribution in [2.75, 3.05) is 13.1 Å². The van der Waals surface area contributed by atoms with Crippen LogP contribution in [0.5, 0.6) is 0 Å². The van der Waals surface area contributed by atoms with Crippen LogP contribution in [-0.2, 0) is 0 Å². The van der Waals surface area contributed by atoms with Crippen molar-refractivity contribution in [2.24, 2.45) is 17.1 Å². The zero-order chi connectivity index (χ0) is 13.5. The van der Waals surface area contributed by atoms with Crippen LogP contribution in [0.15, 0.2) is 0 Å². The first kappa shape index (κ1) is 16.9. The molecule has 0 saturated carbocycles. The smallest absolute Gasteiger partial charge is 0.0161 e. The molecule has 0 fully saturated rings. The van der Waals surface area contributed by atoms with E-state index in [1.165, 1.54) is 25.7 Å². The maximum atomic E-state index is 6.20. The topological polar surface area (TPSA) is 38.0 Å². The second-order valence-corrected chi connectivity index (χ2v) is 6.65. The van der Waals surface area contributed by atoms with Crippen molar-refractivity contribution in [1.29, 1.82) is 0 Å². The Hall–Kier alpha value is -0.0800. The Balaban J connectivity index is 3.96. The molecule has 0 amide bonds. The predicted octanol–water partition coefficient (Wildman–Crippen LogP) is 3.56. The maximum Gasteiger partial charge on any atom is 0.0161 e. The van der Waals surface area contributed by atoms with Gasteiger partial charge in [-0.05, 0) is 38.1 Å². The van der Waals surface area contributed by atoms with E-state index in [9.17, 15) is 0 Å². The van der Waals surface area contributed by atoms with Crippen LogP contribution in [0.3, 0.4) is 0 Å². The van der Waals surface area contributed by atoms with Crippen molar-refractivity contribution in [2.45, 2.75) is 72.8 Å². The molecule has 1 unspecified atom stereocenters. The number of hydrogen-bond acceptors (Lipinski definition) is 2. The molecular formula is C15H34N2. The van der Waals surface area contributed by atoms with Gasteiger partial charge in [-0.1, -0.05) is 47.0 Å². The molecule has 0 radical (unpaired) electrons. The van der Waals surface area contributed by atoms with Crippen molar-refractivity contribution >= 4 is 0 Å². The van der Waals surface area contributed by atoms with Crippen LogP contribution >= 0.6 is 0 Å². The highest BCUT2D eigenvalue weighted by atomic mass is 14.9. The van der Waals surface area contributed by atoms with Gasteiger partial charge in [-0.15, -0.1) is 0 Å². The summed E-state index contributed by atoms with van der Waals surface area (Å²) in [6.07, 6.45) is 5.29. The SMILES string of the molecule is CCCCC(CC)CNCC(C)(C)C(C)(C)N. The minimum absolute atomic E-state index is 0.134. The third-order valence-electron chi connectivity index (χ3n) is 4.29. The normalized spacial score (nSPS) is 15.0. The van der Waals surface area contributed by atoms with E-state index in [-0.39, 0.29) is 11.0 Å². The largest absolute Gasteiger partial charge is 0.325 e. The third kappa shape index (κ3) is 6.42. The van der Waals surface area contributed by atoms with E-state index in [1.807, 2.05) is 0 Å². The predicted molar refractivity (Wildman–Crippen MR) is 78.2 cm³/mol. The van der Waals surface area contributed by atoms with Crippen LogP contribution in [0.25, 0.3) is 0 Å². The standard InChI is InChI=1S/C15H34N2/c1-7-9-10-13(8-2)11-17-12-14(3,4)15(5,6)16/h13,17H,7-12,16H2,1-6H3. The van der Waals surface area contributed by atoms with Gasteiger partial charge in [0.2, 0.25) is 0 Å². The fourth-order valence-corrected chi connectivity index (χ4v) is 1.76. The van der Waals surface area contributed by atoms with E-state index in [2.05, 4.69) is 46.9 Å². The average Bonchev–Trinajstić information content (AvgIpc) is 2.21. The molecule has 0 rings (SSSR count). The van der Waals surface area contributed by atoms with Crippen LogP contribution in [0, 0.1) is 11.3 Å². The highest BCUT2D eigenvalue weighted by Gasteiger charge is 2.32. The summed E-state index contributed by atoms with van der Waals surface area (Å²) in [5.41, 5.74) is 6.20. The van der Waals surface area contributed by atoms with E-state index in [4.69, 9.17) is 5.73 Å². The number of hydrogen-bond donors (Lipinski definition) is 2. The summed E-state index contributed by atoms with van der Waals surface area (Å²) in [5, 5.41) is 3.61. The Morgan fingerprint density at radius 3 is 2.12 bits per heavy atom. The summed E-state index contributed by atoms with van der Waals surface area (Å²) in [7, 11) is 0. The molecule has 0 saturated heterocycles. The molecule has 17 heavy (non-hydrogen) atoms. The van der Waals surface area contributed by atoms with Gasteiger partial charge in [0.15, 0.2) is 0 Å². The van der Waals surface area contributed by atoms with E-state index >= 15 is 0 Å². The van der Waals surface area contributed by atoms with E-state index in [0.717, 1.165) is 19.0 Å². The van der Waals surface area contributed by atoms with Gasteiger partial charge in [-0.2, -0.15) is 0 Å². The fourth-order valence-electron chi connectivity index (χ4n) is 1.76. The van der Waals surface area contributed by atoms with Crippen LogP contribution in [-0.4, -0.2) is 18.6 Å². The van der Waals surface area contributed by atoms with Gasteiger partial charge in [0.05, 0.1) is 0 Å². The molecule has 0 aliphatic rings. The van der Waals surface area contributed by atoms with E-state index in [1.54, 1.807) is 0 Å². The Morgan fingerprint density at radius 2 is 1.71 bits per heavy atom. The summed E-state index contributed by atoms with van der Waals surface area (Å²) in [4.78, 5) is 0. The molecule has 3 N–H and O–H groups in total. The van der Waals surface area contributed by atoms with Crippen molar-refractivity contribution < 1.29 is 0 Å². The Morgan fingerprint density at radius 1 is 1.12 bits per heavy atom. The van der Waals surface area contributed by atoms with E-state index < -0.39 is 0 Å². The molecule has 0 aliphatic carbocycles. The molecule has 104 valence electrons. The quantitative estimate of drug-likeness (QED) is 0.649. The summed E-state index contributed by atoms with van der Waals surface area (Å²) in [5.74, 6) is 0.826. The molecule has 1 atom stereocenters. The van der Waals surface area contributed by atoms with Crippen LogP contribution in [0.1, 0.15) is 67.2 Å². The van der Waals surface area contributed by atoms with Gasteiger partial charge in [-0.3, -0.25) is 0 Å². The first-order valence-corrected chi connectivity index (χ1v) is 7.24. The molecule has 0 aromatic rings. The fraction of sp³-hybridized carbons (Fsp3) is 1.00. The molecule has 0 heterocycles. The number of nitrogens with two attached hydrogens (primary N) is 1. The van der Waals surface area contributed by atoms with Crippen LogP contribution in [0.2, 0.25) is 0 Å². The highest BCUT2D eigenvalue weighted by molar-refractivity contribution is 4.91. The number of rotatable bonds is 9. The lowest BCUT2D eigenvalue weighted by Gasteiger charge is -2.39. The Kier molecular flexibility index (Phi) is 7.34. The lowest BCUT2D eigenvalue weighted by Crippen LogP contribution is -2.52. The summed E-state index contributed by atoms with van der Waals surface area (Å²) < 4.78 is 0. The molecule has 2 heteroatoms. The van der Waals surface area contributed by atoms with Crippen molar-refractivity contribution in [3.63, 3.8) is 0 Å². The minimum Gasteiger partial charge on any atom is -0.325 e. The van der Waals surface area contributed by atoms with E-state index in [0.29, 0.717) is 0 Å². The van der Waals surface area contributed by atoms with Gasteiger partial charge in [0, 0.05) is 12.1 Å². The van der Waals surface area contributed by atoms with Crippen molar-refractivity contribution in [1.82, 2.24) is 5.32 Å². The summed E-state index contributed by atoms with van der Waals surface area (Å²) in [6.45, 7) is 15.4. The molecule has 0 bridgehead atoms. The number of unbranched alkanes of at least 4 members (excludes halogenated alkanes) is 1. The third-order valence-corrected chi connectivity index (χ3v) is 4.29. The van der Waals surface area contributed by atoms with Gasteiger partial charge in [0.25, 0.3) is 0 Å². The lowest BCUT2D eigenvalue weighted by atomic mass is 9.75. The monoisotopic (exact) mass is 242 g/mol. The minimum atomic E-state index is -0.134. The van der Waals surface area contributed by atoms with Gasteiger partial charge >= 0.3 is 0 Å².